The third-order valence-electron chi connectivity index (χ3n) is 3.69. The second kappa shape index (κ2) is 6.50. The average molecular weight is 348 g/mol. The minimum Gasteiger partial charge on any atom is -0.454 e. The van der Waals surface area contributed by atoms with E-state index in [0.717, 1.165) is 28.9 Å². The first-order chi connectivity index (χ1) is 10.3. The summed E-state index contributed by atoms with van der Waals surface area (Å²) in [5.74, 6) is 1.63. The van der Waals surface area contributed by atoms with E-state index in [1.54, 1.807) is 0 Å². The minimum absolute atomic E-state index is 0.306. The van der Waals surface area contributed by atoms with E-state index in [9.17, 15) is 0 Å². The van der Waals surface area contributed by atoms with Gasteiger partial charge in [0.25, 0.3) is 0 Å². The van der Waals surface area contributed by atoms with Gasteiger partial charge in [0.05, 0.1) is 0 Å². The van der Waals surface area contributed by atoms with E-state index in [2.05, 4.69) is 52.4 Å². The quantitative estimate of drug-likeness (QED) is 0.868. The van der Waals surface area contributed by atoms with Crippen molar-refractivity contribution in [2.45, 2.75) is 25.9 Å². The Balaban J connectivity index is 1.72. The molecular weight excluding hydrogens is 330 g/mol. The molecule has 0 fully saturated rings. The van der Waals surface area contributed by atoms with Crippen LogP contribution in [0, 0.1) is 0 Å². The molecule has 0 aromatic heterocycles. The van der Waals surface area contributed by atoms with Crippen LogP contribution in [-0.2, 0) is 6.54 Å². The smallest absolute Gasteiger partial charge is 0.231 e. The molecule has 2 aromatic rings. The highest BCUT2D eigenvalue weighted by Crippen LogP contribution is 2.37. The SMILES string of the molecule is CCC(NCc1cc2c(cc1Br)OCO2)c1ccccc1. The Hall–Kier alpha value is -1.52. The Labute approximate surface area is 133 Å². The van der Waals surface area contributed by atoms with Gasteiger partial charge < -0.3 is 14.8 Å². The predicted octanol–water partition coefficient (Wildman–Crippen LogP) is 4.42. The van der Waals surface area contributed by atoms with E-state index in [-0.39, 0.29) is 0 Å². The summed E-state index contributed by atoms with van der Waals surface area (Å²) >= 11 is 3.60. The second-order valence-electron chi connectivity index (χ2n) is 5.05. The zero-order valence-corrected chi connectivity index (χ0v) is 13.5. The molecule has 3 rings (SSSR count). The van der Waals surface area contributed by atoms with Crippen LogP contribution in [0.25, 0.3) is 0 Å². The number of halogens is 1. The fraction of sp³-hybridized carbons (Fsp3) is 0.294. The maximum Gasteiger partial charge on any atom is 0.231 e. The fourth-order valence-electron chi connectivity index (χ4n) is 2.51. The van der Waals surface area contributed by atoms with E-state index in [1.165, 1.54) is 11.1 Å². The third kappa shape index (κ3) is 3.22. The first-order valence-corrected chi connectivity index (χ1v) is 7.93. The molecule has 0 aliphatic carbocycles. The molecule has 4 heteroatoms. The van der Waals surface area contributed by atoms with Gasteiger partial charge in [0.2, 0.25) is 6.79 Å². The standard InChI is InChI=1S/C17H18BrNO2/c1-2-15(12-6-4-3-5-7-12)19-10-13-8-16-17(9-14(13)18)21-11-20-16/h3-9,15,19H,2,10-11H2,1H3. The van der Waals surface area contributed by atoms with E-state index < -0.39 is 0 Å². The number of hydrogen-bond donors (Lipinski definition) is 1. The van der Waals surface area contributed by atoms with Crippen LogP contribution in [0.4, 0.5) is 0 Å². The summed E-state index contributed by atoms with van der Waals surface area (Å²) in [4.78, 5) is 0. The van der Waals surface area contributed by atoms with Crippen LogP contribution in [-0.4, -0.2) is 6.79 Å². The van der Waals surface area contributed by atoms with Gasteiger partial charge in [0.1, 0.15) is 0 Å². The molecule has 110 valence electrons. The lowest BCUT2D eigenvalue weighted by Crippen LogP contribution is -2.20. The maximum atomic E-state index is 5.44. The molecule has 1 heterocycles. The molecular formula is C17H18BrNO2. The molecule has 2 aromatic carbocycles. The molecule has 1 N–H and O–H groups in total. The van der Waals surface area contributed by atoms with Gasteiger partial charge >= 0.3 is 0 Å². The van der Waals surface area contributed by atoms with Crippen LogP contribution in [0.3, 0.4) is 0 Å². The van der Waals surface area contributed by atoms with Crippen LogP contribution in [0.1, 0.15) is 30.5 Å². The summed E-state index contributed by atoms with van der Waals surface area (Å²) in [7, 11) is 0. The largest absolute Gasteiger partial charge is 0.454 e. The maximum absolute atomic E-state index is 5.44. The van der Waals surface area contributed by atoms with Crippen molar-refractivity contribution in [1.29, 1.82) is 0 Å². The Kier molecular flexibility index (Phi) is 4.46. The Bertz CT molecular complexity index is 616. The van der Waals surface area contributed by atoms with Crippen molar-refractivity contribution in [3.63, 3.8) is 0 Å². The van der Waals surface area contributed by atoms with Crippen molar-refractivity contribution in [3.05, 3.63) is 58.1 Å². The van der Waals surface area contributed by atoms with Gasteiger partial charge in [-0.15, -0.1) is 0 Å². The zero-order chi connectivity index (χ0) is 14.7. The van der Waals surface area contributed by atoms with Gasteiger partial charge in [-0.3, -0.25) is 0 Å². The molecule has 0 spiro atoms. The van der Waals surface area contributed by atoms with Gasteiger partial charge in [0, 0.05) is 17.1 Å². The normalized spacial score (nSPS) is 14.2. The second-order valence-corrected chi connectivity index (χ2v) is 5.90. The predicted molar refractivity (Wildman–Crippen MR) is 86.6 cm³/mol. The first kappa shape index (κ1) is 14.4. The van der Waals surface area contributed by atoms with E-state index in [4.69, 9.17) is 9.47 Å². The lowest BCUT2D eigenvalue weighted by atomic mass is 10.0. The molecule has 1 aliphatic heterocycles. The lowest BCUT2D eigenvalue weighted by molar-refractivity contribution is 0.174. The molecule has 1 unspecified atom stereocenters. The Morgan fingerprint density at radius 3 is 2.57 bits per heavy atom. The van der Waals surface area contributed by atoms with E-state index >= 15 is 0 Å². The van der Waals surface area contributed by atoms with Gasteiger partial charge in [-0.1, -0.05) is 53.2 Å². The number of ether oxygens (including phenoxy) is 2. The molecule has 0 radical (unpaired) electrons. The van der Waals surface area contributed by atoms with Crippen molar-refractivity contribution < 1.29 is 9.47 Å². The van der Waals surface area contributed by atoms with Crippen LogP contribution >= 0.6 is 15.9 Å². The lowest BCUT2D eigenvalue weighted by Gasteiger charge is -2.18. The summed E-state index contributed by atoms with van der Waals surface area (Å²) in [6, 6.07) is 14.9. The molecule has 0 saturated carbocycles. The summed E-state index contributed by atoms with van der Waals surface area (Å²) in [5.41, 5.74) is 2.49. The monoisotopic (exact) mass is 347 g/mol. The summed E-state index contributed by atoms with van der Waals surface area (Å²) in [6.45, 7) is 3.28. The number of hydrogen-bond acceptors (Lipinski definition) is 3. The Morgan fingerprint density at radius 1 is 1.14 bits per heavy atom. The topological polar surface area (TPSA) is 30.5 Å². The number of benzene rings is 2. The zero-order valence-electron chi connectivity index (χ0n) is 11.9. The van der Waals surface area contributed by atoms with Crippen LogP contribution in [0.5, 0.6) is 11.5 Å². The molecule has 0 amide bonds. The number of rotatable bonds is 5. The molecule has 21 heavy (non-hydrogen) atoms. The highest BCUT2D eigenvalue weighted by Gasteiger charge is 2.17. The molecule has 3 nitrogen and oxygen atoms in total. The summed E-state index contributed by atoms with van der Waals surface area (Å²) < 4.78 is 11.9. The summed E-state index contributed by atoms with van der Waals surface area (Å²) in [6.07, 6.45) is 1.05. The molecule has 1 aliphatic rings. The van der Waals surface area contributed by atoms with E-state index in [0.29, 0.717) is 12.8 Å². The van der Waals surface area contributed by atoms with Crippen LogP contribution in [0.2, 0.25) is 0 Å². The van der Waals surface area contributed by atoms with Gasteiger partial charge in [-0.25, -0.2) is 0 Å². The van der Waals surface area contributed by atoms with Crippen molar-refractivity contribution in [1.82, 2.24) is 5.32 Å². The van der Waals surface area contributed by atoms with Gasteiger partial charge in [0.15, 0.2) is 11.5 Å². The highest BCUT2D eigenvalue weighted by atomic mass is 79.9. The molecule has 0 saturated heterocycles. The number of nitrogens with one attached hydrogen (secondary N) is 1. The van der Waals surface area contributed by atoms with Crippen molar-refractivity contribution >= 4 is 15.9 Å². The van der Waals surface area contributed by atoms with Crippen molar-refractivity contribution in [3.8, 4) is 11.5 Å². The minimum atomic E-state index is 0.306. The highest BCUT2D eigenvalue weighted by molar-refractivity contribution is 9.10. The molecule has 1 atom stereocenters. The Morgan fingerprint density at radius 2 is 1.86 bits per heavy atom. The van der Waals surface area contributed by atoms with Crippen LogP contribution < -0.4 is 14.8 Å². The van der Waals surface area contributed by atoms with E-state index in [1.807, 2.05) is 18.2 Å². The average Bonchev–Trinajstić information content (AvgIpc) is 2.96. The fourth-order valence-corrected chi connectivity index (χ4v) is 2.97. The third-order valence-corrected chi connectivity index (χ3v) is 4.43. The van der Waals surface area contributed by atoms with Gasteiger partial charge in [-0.2, -0.15) is 0 Å². The van der Waals surface area contributed by atoms with Gasteiger partial charge in [-0.05, 0) is 29.7 Å². The van der Waals surface area contributed by atoms with Crippen molar-refractivity contribution in [2.24, 2.45) is 0 Å². The number of fused-ring (bicyclic) bond motifs is 1. The summed E-state index contributed by atoms with van der Waals surface area (Å²) in [5, 5.41) is 3.61. The molecule has 0 bridgehead atoms. The van der Waals surface area contributed by atoms with Crippen LogP contribution in [0.15, 0.2) is 46.9 Å². The van der Waals surface area contributed by atoms with Crippen molar-refractivity contribution in [2.75, 3.05) is 6.79 Å². The first-order valence-electron chi connectivity index (χ1n) is 7.14.